The van der Waals surface area contributed by atoms with Crippen LogP contribution in [-0.2, 0) is 0 Å². The minimum Gasteiger partial charge on any atom is -0.504 e. The highest BCUT2D eigenvalue weighted by molar-refractivity contribution is 6.13. The molecule has 1 aliphatic rings. The number of pyridine rings is 1. The van der Waals surface area contributed by atoms with Crippen LogP contribution >= 0.6 is 0 Å². The number of anilines is 2. The average Bonchev–Trinajstić information content (AvgIpc) is 3.13. The van der Waals surface area contributed by atoms with E-state index < -0.39 is 0 Å². The lowest BCUT2D eigenvalue weighted by Crippen LogP contribution is -2.54. The van der Waals surface area contributed by atoms with Crippen molar-refractivity contribution < 1.29 is 9.90 Å². The fraction of sp³-hybridized carbons (Fsp3) is 0.304. The molecule has 32 heavy (non-hydrogen) atoms. The molecule has 1 fully saturated rings. The molecular weight excluding hydrogens is 406 g/mol. The van der Waals surface area contributed by atoms with Gasteiger partial charge in [-0.1, -0.05) is 0 Å². The van der Waals surface area contributed by atoms with Crippen LogP contribution in [0.2, 0.25) is 0 Å². The molecule has 9 nitrogen and oxygen atoms in total. The van der Waals surface area contributed by atoms with Gasteiger partial charge in [-0.2, -0.15) is 0 Å². The van der Waals surface area contributed by atoms with E-state index in [0.29, 0.717) is 40.0 Å². The molecular formula is C23H25N7O2. The molecule has 2 atom stereocenters. The molecule has 164 valence electrons. The van der Waals surface area contributed by atoms with E-state index in [1.54, 1.807) is 35.3 Å². The summed E-state index contributed by atoms with van der Waals surface area (Å²) in [5.41, 5.74) is 4.32. The van der Waals surface area contributed by atoms with E-state index in [2.05, 4.69) is 44.3 Å². The maximum atomic E-state index is 13.2. The summed E-state index contributed by atoms with van der Waals surface area (Å²) in [6.45, 7) is 7.87. The van der Waals surface area contributed by atoms with Crippen molar-refractivity contribution in [3.05, 3.63) is 54.2 Å². The zero-order valence-electron chi connectivity index (χ0n) is 18.2. The molecule has 0 unspecified atom stereocenters. The van der Waals surface area contributed by atoms with Crippen molar-refractivity contribution in [2.45, 2.75) is 32.9 Å². The van der Waals surface area contributed by atoms with Gasteiger partial charge in [0.15, 0.2) is 11.4 Å². The Balaban J connectivity index is 1.50. The summed E-state index contributed by atoms with van der Waals surface area (Å²) in [6.07, 6.45) is 6.75. The van der Waals surface area contributed by atoms with Crippen molar-refractivity contribution in [3.8, 4) is 5.75 Å². The summed E-state index contributed by atoms with van der Waals surface area (Å²) in [5, 5.41) is 16.7. The van der Waals surface area contributed by atoms with E-state index in [0.717, 1.165) is 24.5 Å². The van der Waals surface area contributed by atoms with Crippen LogP contribution in [0.1, 0.15) is 29.9 Å². The third-order valence-corrected chi connectivity index (χ3v) is 5.66. The number of nitrogens with one attached hydrogen (secondary N) is 2. The van der Waals surface area contributed by atoms with Gasteiger partial charge < -0.3 is 25.0 Å². The number of carbonyl (C=O) groups is 1. The molecule has 3 aromatic heterocycles. The molecule has 9 heteroatoms. The molecule has 0 saturated carbocycles. The number of aromatic nitrogens is 4. The molecule has 0 aliphatic carbocycles. The topological polar surface area (TPSA) is 108 Å². The van der Waals surface area contributed by atoms with Crippen LogP contribution in [0, 0.1) is 6.92 Å². The van der Waals surface area contributed by atoms with Crippen LogP contribution in [0.4, 0.5) is 11.4 Å². The van der Waals surface area contributed by atoms with Gasteiger partial charge in [0.2, 0.25) is 0 Å². The number of benzene rings is 1. The quantitative estimate of drug-likeness (QED) is 0.458. The Bertz CT molecular complexity index is 1320. The first-order valence-corrected chi connectivity index (χ1v) is 10.6. The number of aryl methyl sites for hydroxylation is 1. The second-order valence-electron chi connectivity index (χ2n) is 8.44. The number of rotatable bonds is 3. The lowest BCUT2D eigenvalue weighted by Gasteiger charge is -2.38. The van der Waals surface area contributed by atoms with Gasteiger partial charge in [-0.05, 0) is 32.9 Å². The predicted octanol–water partition coefficient (Wildman–Crippen LogP) is 2.73. The molecule has 0 bridgehead atoms. The maximum absolute atomic E-state index is 13.2. The lowest BCUT2D eigenvalue weighted by molar-refractivity contribution is 0.102. The Labute approximate surface area is 185 Å². The summed E-state index contributed by atoms with van der Waals surface area (Å²) < 4.78 is 1.69. The van der Waals surface area contributed by atoms with Crippen LogP contribution in [0.15, 0.2) is 43.0 Å². The largest absolute Gasteiger partial charge is 0.504 e. The van der Waals surface area contributed by atoms with Crippen LogP contribution in [0.25, 0.3) is 16.7 Å². The predicted molar refractivity (Wildman–Crippen MR) is 123 cm³/mol. The minimum absolute atomic E-state index is 0.00200. The molecule has 1 amide bonds. The van der Waals surface area contributed by atoms with Gasteiger partial charge in [0.25, 0.3) is 5.91 Å². The van der Waals surface area contributed by atoms with Crippen molar-refractivity contribution in [2.24, 2.45) is 0 Å². The fourth-order valence-corrected chi connectivity index (χ4v) is 4.47. The lowest BCUT2D eigenvalue weighted by atomic mass is 10.1. The number of nitrogens with zero attached hydrogens (tertiary/aromatic N) is 5. The van der Waals surface area contributed by atoms with E-state index >= 15 is 0 Å². The maximum Gasteiger partial charge on any atom is 0.257 e. The van der Waals surface area contributed by atoms with Crippen molar-refractivity contribution in [2.75, 3.05) is 23.3 Å². The molecule has 0 radical (unpaired) electrons. The monoisotopic (exact) mass is 431 g/mol. The Morgan fingerprint density at radius 2 is 1.84 bits per heavy atom. The molecule has 5 rings (SSSR count). The Morgan fingerprint density at radius 3 is 2.59 bits per heavy atom. The van der Waals surface area contributed by atoms with Gasteiger partial charge in [-0.15, -0.1) is 0 Å². The minimum atomic E-state index is -0.320. The zero-order chi connectivity index (χ0) is 22.4. The number of amides is 1. The van der Waals surface area contributed by atoms with Crippen LogP contribution in [0.3, 0.4) is 0 Å². The molecule has 4 aromatic rings. The summed E-state index contributed by atoms with van der Waals surface area (Å²) in [4.78, 5) is 28.8. The second-order valence-corrected chi connectivity index (χ2v) is 8.44. The molecule has 3 N–H and O–H groups in total. The highest BCUT2D eigenvalue weighted by atomic mass is 16.3. The standard InChI is InChI=1S/C23H25N7O2/c1-13-9-29(10-14(2)26-13)18-5-4-17(20-21(18)25-7-6-24-20)23(32)28-16-8-19(31)22-27-15(3)11-30(22)12-16/h4-8,11-14,26,31H,9-10H2,1-3H3,(H,28,32)/t13-,14+. The normalized spacial score (nSPS) is 18.9. The summed E-state index contributed by atoms with van der Waals surface area (Å²) in [6, 6.07) is 5.92. The van der Waals surface area contributed by atoms with Gasteiger partial charge in [0, 0.05) is 56.0 Å². The van der Waals surface area contributed by atoms with Crippen molar-refractivity contribution in [1.82, 2.24) is 24.7 Å². The van der Waals surface area contributed by atoms with Gasteiger partial charge in [0.1, 0.15) is 11.0 Å². The van der Waals surface area contributed by atoms with E-state index in [9.17, 15) is 9.90 Å². The van der Waals surface area contributed by atoms with E-state index in [1.807, 2.05) is 13.0 Å². The number of hydrogen-bond acceptors (Lipinski definition) is 7. The van der Waals surface area contributed by atoms with Crippen LogP contribution < -0.4 is 15.5 Å². The fourth-order valence-electron chi connectivity index (χ4n) is 4.47. The van der Waals surface area contributed by atoms with Gasteiger partial charge >= 0.3 is 0 Å². The van der Waals surface area contributed by atoms with Crippen molar-refractivity contribution in [1.29, 1.82) is 0 Å². The molecule has 1 aromatic carbocycles. The van der Waals surface area contributed by atoms with Gasteiger partial charge in [0.05, 0.1) is 22.6 Å². The number of imidazole rings is 1. The third-order valence-electron chi connectivity index (χ3n) is 5.66. The molecule has 0 spiro atoms. The third kappa shape index (κ3) is 3.60. The number of aromatic hydroxyl groups is 1. The first kappa shape index (κ1) is 20.2. The average molecular weight is 432 g/mol. The Kier molecular flexibility index (Phi) is 4.90. The summed E-state index contributed by atoms with van der Waals surface area (Å²) in [7, 11) is 0. The highest BCUT2D eigenvalue weighted by Crippen LogP contribution is 2.29. The van der Waals surface area contributed by atoms with Crippen molar-refractivity contribution >= 4 is 34.0 Å². The smallest absolute Gasteiger partial charge is 0.257 e. The van der Waals surface area contributed by atoms with Crippen LogP contribution in [0.5, 0.6) is 5.75 Å². The van der Waals surface area contributed by atoms with E-state index in [4.69, 9.17) is 0 Å². The first-order chi connectivity index (χ1) is 15.4. The first-order valence-electron chi connectivity index (χ1n) is 10.6. The Morgan fingerprint density at radius 1 is 1.12 bits per heavy atom. The van der Waals surface area contributed by atoms with E-state index in [-0.39, 0.29) is 11.7 Å². The summed E-state index contributed by atoms with van der Waals surface area (Å²) in [5.74, 6) is -0.322. The van der Waals surface area contributed by atoms with E-state index in [1.165, 1.54) is 6.07 Å². The SMILES string of the molecule is Cc1cn2cc(NC(=O)c3ccc(N4C[C@@H](C)N[C@@H](C)C4)c4nccnc34)cc(O)c2n1. The van der Waals surface area contributed by atoms with Gasteiger partial charge in [-0.3, -0.25) is 14.8 Å². The Hall–Kier alpha value is -3.72. The molecule has 1 aliphatic heterocycles. The number of hydrogen-bond donors (Lipinski definition) is 3. The zero-order valence-corrected chi connectivity index (χ0v) is 18.2. The molecule has 4 heterocycles. The highest BCUT2D eigenvalue weighted by Gasteiger charge is 2.24. The molecule has 1 saturated heterocycles. The van der Waals surface area contributed by atoms with Gasteiger partial charge in [-0.25, -0.2) is 4.98 Å². The second kappa shape index (κ2) is 7.76. The number of piperazine rings is 1. The summed E-state index contributed by atoms with van der Waals surface area (Å²) >= 11 is 0. The van der Waals surface area contributed by atoms with Crippen LogP contribution in [-0.4, -0.2) is 55.5 Å². The number of fused-ring (bicyclic) bond motifs is 2. The number of carbonyl (C=O) groups excluding carboxylic acids is 1. The van der Waals surface area contributed by atoms with Crippen molar-refractivity contribution in [3.63, 3.8) is 0 Å².